The van der Waals surface area contributed by atoms with Gasteiger partial charge in [-0.25, -0.2) is 9.78 Å². The molecule has 1 aliphatic heterocycles. The summed E-state index contributed by atoms with van der Waals surface area (Å²) in [5.74, 6) is -0.509. The van der Waals surface area contributed by atoms with E-state index in [1.165, 1.54) is 29.2 Å². The number of likely N-dealkylation sites (tertiary alicyclic amines) is 1. The van der Waals surface area contributed by atoms with Crippen molar-refractivity contribution in [3.05, 3.63) is 71.7 Å². The normalized spacial score (nSPS) is 13.1. The topological polar surface area (TPSA) is 94.6 Å². The predicted octanol–water partition coefficient (Wildman–Crippen LogP) is 5.11. The van der Waals surface area contributed by atoms with Gasteiger partial charge in [0.15, 0.2) is 5.13 Å². The summed E-state index contributed by atoms with van der Waals surface area (Å²) in [6, 6.07) is 16.2. The van der Waals surface area contributed by atoms with E-state index in [1.54, 1.807) is 40.6 Å². The van der Waals surface area contributed by atoms with Gasteiger partial charge in [0, 0.05) is 31.5 Å². The van der Waals surface area contributed by atoms with E-state index in [2.05, 4.69) is 15.6 Å². The number of carbonyl (C=O) groups excluding carboxylic acids is 3. The zero-order valence-corrected chi connectivity index (χ0v) is 19.5. The Morgan fingerprint density at radius 3 is 2.29 bits per heavy atom. The van der Waals surface area contributed by atoms with Crippen LogP contribution < -0.4 is 15.5 Å². The van der Waals surface area contributed by atoms with Gasteiger partial charge in [-0.2, -0.15) is 0 Å². The highest BCUT2D eigenvalue weighted by molar-refractivity contribution is 7.14. The second kappa shape index (κ2) is 10.8. The minimum Gasteiger partial charge on any atom is -0.325 e. The van der Waals surface area contributed by atoms with E-state index in [-0.39, 0.29) is 17.8 Å². The fourth-order valence-corrected chi connectivity index (χ4v) is 4.47. The van der Waals surface area contributed by atoms with Crippen LogP contribution in [0.1, 0.15) is 25.5 Å². The van der Waals surface area contributed by atoms with Gasteiger partial charge < -0.3 is 15.5 Å². The third-order valence-electron chi connectivity index (χ3n) is 5.26. The Bertz CT molecular complexity index is 1200. The lowest BCUT2D eigenvalue weighted by molar-refractivity contribution is -0.116. The van der Waals surface area contributed by atoms with Crippen LogP contribution in [0.5, 0.6) is 0 Å². The lowest BCUT2D eigenvalue weighted by atomic mass is 10.2. The van der Waals surface area contributed by atoms with Gasteiger partial charge >= 0.3 is 6.03 Å². The molecular formula is C25H25N5O3S. The Labute approximate surface area is 201 Å². The summed E-state index contributed by atoms with van der Waals surface area (Å²) in [6.07, 6.45) is 4.97. The van der Waals surface area contributed by atoms with Gasteiger partial charge in [0.05, 0.1) is 22.8 Å². The van der Waals surface area contributed by atoms with E-state index in [1.807, 2.05) is 30.3 Å². The van der Waals surface area contributed by atoms with Crippen molar-refractivity contribution < 1.29 is 14.4 Å². The molecule has 0 spiro atoms. The van der Waals surface area contributed by atoms with Crippen molar-refractivity contribution in [2.24, 2.45) is 0 Å². The van der Waals surface area contributed by atoms with Crippen molar-refractivity contribution >= 4 is 57.5 Å². The molecule has 4 rings (SSSR count). The van der Waals surface area contributed by atoms with Crippen LogP contribution in [0.3, 0.4) is 0 Å². The molecule has 0 saturated carbocycles. The van der Waals surface area contributed by atoms with Crippen LogP contribution in [0.25, 0.3) is 6.08 Å². The molecule has 1 aromatic heterocycles. The molecule has 8 nitrogen and oxygen atoms in total. The Morgan fingerprint density at radius 2 is 1.62 bits per heavy atom. The molecule has 0 atom stereocenters. The molecule has 0 unspecified atom stereocenters. The molecular weight excluding hydrogens is 450 g/mol. The van der Waals surface area contributed by atoms with Crippen molar-refractivity contribution in [1.29, 1.82) is 0 Å². The van der Waals surface area contributed by atoms with Crippen molar-refractivity contribution in [2.75, 3.05) is 28.6 Å². The number of thiazole rings is 1. The monoisotopic (exact) mass is 475 g/mol. The van der Waals surface area contributed by atoms with Gasteiger partial charge in [0.1, 0.15) is 0 Å². The molecule has 0 radical (unpaired) electrons. The molecule has 2 N–H and O–H groups in total. The lowest BCUT2D eigenvalue weighted by Crippen LogP contribution is -2.32. The van der Waals surface area contributed by atoms with E-state index in [0.29, 0.717) is 22.2 Å². The number of nitrogens with one attached hydrogen (secondary N) is 2. The average molecular weight is 476 g/mol. The molecule has 34 heavy (non-hydrogen) atoms. The average Bonchev–Trinajstić information content (AvgIpc) is 3.52. The number of anilines is 4. The van der Waals surface area contributed by atoms with E-state index in [9.17, 15) is 14.4 Å². The summed E-state index contributed by atoms with van der Waals surface area (Å²) in [5.41, 5.74) is 2.34. The number of urea groups is 1. The van der Waals surface area contributed by atoms with Crippen molar-refractivity contribution in [3.8, 4) is 0 Å². The quantitative estimate of drug-likeness (QED) is 0.485. The number of hydrogen-bond acceptors (Lipinski definition) is 5. The summed E-state index contributed by atoms with van der Waals surface area (Å²) in [6.45, 7) is 2.96. The highest BCUT2D eigenvalue weighted by Gasteiger charge is 2.19. The SMILES string of the molecule is CC(=O)N(c1ccccc1)c1nc(C=CC(=O)Nc2ccccc2NC(=O)N2CCCC2)cs1. The molecule has 4 amide bonds. The molecule has 9 heteroatoms. The lowest BCUT2D eigenvalue weighted by Gasteiger charge is -2.18. The maximum absolute atomic E-state index is 12.5. The number of carbonyl (C=O) groups is 3. The Morgan fingerprint density at radius 1 is 0.971 bits per heavy atom. The fourth-order valence-electron chi connectivity index (χ4n) is 3.61. The van der Waals surface area contributed by atoms with Crippen LogP contribution in [-0.4, -0.2) is 40.8 Å². The maximum atomic E-state index is 12.5. The summed E-state index contributed by atoms with van der Waals surface area (Å²) < 4.78 is 0. The van der Waals surface area contributed by atoms with Crippen molar-refractivity contribution in [2.45, 2.75) is 19.8 Å². The zero-order valence-electron chi connectivity index (χ0n) is 18.7. The molecule has 1 saturated heterocycles. The Balaban J connectivity index is 1.42. The number of amides is 4. The van der Waals surface area contributed by atoms with Gasteiger partial charge in [-0.1, -0.05) is 30.3 Å². The largest absolute Gasteiger partial charge is 0.325 e. The second-order valence-electron chi connectivity index (χ2n) is 7.74. The number of para-hydroxylation sites is 3. The minimum atomic E-state index is -0.357. The summed E-state index contributed by atoms with van der Waals surface area (Å²) >= 11 is 1.32. The number of rotatable bonds is 6. The smallest absolute Gasteiger partial charge is 0.321 e. The third kappa shape index (κ3) is 5.68. The van der Waals surface area contributed by atoms with Gasteiger partial charge in [0.2, 0.25) is 11.8 Å². The highest BCUT2D eigenvalue weighted by Crippen LogP contribution is 2.29. The standard InChI is InChI=1S/C25H25N5O3S/c1-18(31)30(20-9-3-2-4-10-20)25-26-19(17-34-25)13-14-23(32)27-21-11-5-6-12-22(21)28-24(33)29-15-7-8-16-29/h2-6,9-14,17H,7-8,15-16H2,1H3,(H,27,32)(H,28,33). The number of aromatic nitrogens is 1. The second-order valence-corrected chi connectivity index (χ2v) is 8.57. The molecule has 2 heterocycles. The van der Waals surface area contributed by atoms with E-state index < -0.39 is 0 Å². The number of nitrogens with zero attached hydrogens (tertiary/aromatic N) is 3. The van der Waals surface area contributed by atoms with E-state index in [4.69, 9.17) is 0 Å². The van der Waals surface area contributed by atoms with Crippen molar-refractivity contribution in [1.82, 2.24) is 9.88 Å². The molecule has 3 aromatic rings. The van der Waals surface area contributed by atoms with Gasteiger partial charge in [-0.3, -0.25) is 14.5 Å². The molecule has 0 aliphatic carbocycles. The molecule has 1 fully saturated rings. The summed E-state index contributed by atoms with van der Waals surface area (Å²) in [7, 11) is 0. The first kappa shape index (κ1) is 23.2. The first-order valence-corrected chi connectivity index (χ1v) is 11.8. The molecule has 2 aromatic carbocycles. The molecule has 0 bridgehead atoms. The van der Waals surface area contributed by atoms with Crippen LogP contribution in [0.2, 0.25) is 0 Å². The van der Waals surface area contributed by atoms with E-state index in [0.717, 1.165) is 31.6 Å². The third-order valence-corrected chi connectivity index (χ3v) is 6.10. The molecule has 1 aliphatic rings. The van der Waals surface area contributed by atoms with Gasteiger partial charge in [-0.15, -0.1) is 11.3 Å². The Hall–Kier alpha value is -3.98. The predicted molar refractivity (Wildman–Crippen MR) is 135 cm³/mol. The summed E-state index contributed by atoms with van der Waals surface area (Å²) in [5, 5.41) is 7.98. The molecule has 174 valence electrons. The van der Waals surface area contributed by atoms with E-state index >= 15 is 0 Å². The van der Waals surface area contributed by atoms with Gasteiger partial charge in [0.25, 0.3) is 0 Å². The van der Waals surface area contributed by atoms with Crippen molar-refractivity contribution in [3.63, 3.8) is 0 Å². The van der Waals surface area contributed by atoms with Gasteiger partial charge in [-0.05, 0) is 43.2 Å². The van der Waals surface area contributed by atoms with Crippen LogP contribution in [-0.2, 0) is 9.59 Å². The first-order valence-electron chi connectivity index (χ1n) is 11.0. The highest BCUT2D eigenvalue weighted by atomic mass is 32.1. The Kier molecular flexibility index (Phi) is 7.34. The minimum absolute atomic E-state index is 0.151. The van der Waals surface area contributed by atoms with Crippen LogP contribution in [0.4, 0.5) is 27.0 Å². The van der Waals surface area contributed by atoms with Crippen LogP contribution >= 0.6 is 11.3 Å². The number of benzene rings is 2. The zero-order chi connectivity index (χ0) is 23.9. The summed E-state index contributed by atoms with van der Waals surface area (Å²) in [4.78, 5) is 44.9. The van der Waals surface area contributed by atoms with Crippen LogP contribution in [0, 0.1) is 0 Å². The first-order chi connectivity index (χ1) is 16.5. The van der Waals surface area contributed by atoms with Crippen LogP contribution in [0.15, 0.2) is 66.1 Å². The fraction of sp³-hybridized carbons (Fsp3) is 0.200. The maximum Gasteiger partial charge on any atom is 0.321 e. The number of hydrogen-bond donors (Lipinski definition) is 2.